The van der Waals surface area contributed by atoms with Crippen molar-refractivity contribution in [1.82, 2.24) is 0 Å². The van der Waals surface area contributed by atoms with Crippen molar-refractivity contribution in [2.75, 3.05) is 11.9 Å². The second kappa shape index (κ2) is 5.77. The summed E-state index contributed by atoms with van der Waals surface area (Å²) in [5.41, 5.74) is 1.94. The fourth-order valence-electron chi connectivity index (χ4n) is 2.18. The number of alkyl halides is 1. The summed E-state index contributed by atoms with van der Waals surface area (Å²) in [7, 11) is 0. The van der Waals surface area contributed by atoms with Gasteiger partial charge in [-0.05, 0) is 29.8 Å². The molecule has 2 aromatic rings. The molecule has 3 rings (SSSR count). The number of hydrogen-bond acceptors (Lipinski definition) is 2. The number of halogens is 3. The maximum Gasteiger partial charge on any atom is 0.262 e. The third-order valence-corrected chi connectivity index (χ3v) is 4.86. The van der Waals surface area contributed by atoms with Crippen LogP contribution < -0.4 is 10.1 Å². The molecule has 3 nitrogen and oxygen atoms in total. The number of ether oxygens (including phenoxy) is 1. The summed E-state index contributed by atoms with van der Waals surface area (Å²) in [6, 6.07) is 10.2. The predicted molar refractivity (Wildman–Crippen MR) is 85.4 cm³/mol. The van der Waals surface area contributed by atoms with Crippen LogP contribution in [-0.2, 0) is 4.79 Å². The standard InChI is InChI=1S/C15H10Br2FNO2/c16-9-2-1-3-10(18)14(9)15(17)8-4-5-12-11(6-8)19-13(20)7-21-12/h1-6,15H,7H2,(H,19,20). The van der Waals surface area contributed by atoms with Crippen molar-refractivity contribution in [3.8, 4) is 5.75 Å². The number of hydrogen-bond donors (Lipinski definition) is 1. The van der Waals surface area contributed by atoms with E-state index in [1.54, 1.807) is 24.3 Å². The molecule has 1 N–H and O–H groups in total. The summed E-state index contributed by atoms with van der Waals surface area (Å²) >= 11 is 6.88. The third kappa shape index (κ3) is 2.82. The molecule has 108 valence electrons. The van der Waals surface area contributed by atoms with Gasteiger partial charge in [-0.1, -0.05) is 44.0 Å². The van der Waals surface area contributed by atoms with E-state index < -0.39 is 0 Å². The molecule has 1 amide bonds. The molecule has 0 saturated heterocycles. The van der Waals surface area contributed by atoms with Crippen molar-refractivity contribution in [3.63, 3.8) is 0 Å². The number of fused-ring (bicyclic) bond motifs is 1. The number of carbonyl (C=O) groups is 1. The molecule has 1 aliphatic heterocycles. The van der Waals surface area contributed by atoms with Gasteiger partial charge in [-0.2, -0.15) is 0 Å². The van der Waals surface area contributed by atoms with Crippen LogP contribution in [0.3, 0.4) is 0 Å². The minimum atomic E-state index is -0.336. The Kier molecular flexibility index (Phi) is 3.99. The number of anilines is 1. The zero-order chi connectivity index (χ0) is 15.0. The van der Waals surface area contributed by atoms with E-state index in [1.165, 1.54) is 6.07 Å². The average molecular weight is 415 g/mol. The van der Waals surface area contributed by atoms with Crippen molar-refractivity contribution >= 4 is 43.5 Å². The molecule has 21 heavy (non-hydrogen) atoms. The van der Waals surface area contributed by atoms with Crippen molar-refractivity contribution < 1.29 is 13.9 Å². The zero-order valence-electron chi connectivity index (χ0n) is 10.7. The summed E-state index contributed by atoms with van der Waals surface area (Å²) < 4.78 is 20.0. The van der Waals surface area contributed by atoms with E-state index in [2.05, 4.69) is 37.2 Å². The van der Waals surface area contributed by atoms with Crippen LogP contribution in [0.4, 0.5) is 10.1 Å². The van der Waals surface area contributed by atoms with Gasteiger partial charge in [0.2, 0.25) is 0 Å². The lowest BCUT2D eigenvalue weighted by Gasteiger charge is -2.20. The first-order chi connectivity index (χ1) is 10.1. The molecule has 0 bridgehead atoms. The lowest BCUT2D eigenvalue weighted by molar-refractivity contribution is -0.118. The van der Waals surface area contributed by atoms with Crippen LogP contribution in [0.1, 0.15) is 16.0 Å². The number of nitrogens with one attached hydrogen (secondary N) is 1. The van der Waals surface area contributed by atoms with Gasteiger partial charge in [0.1, 0.15) is 11.6 Å². The van der Waals surface area contributed by atoms with Gasteiger partial charge >= 0.3 is 0 Å². The highest BCUT2D eigenvalue weighted by molar-refractivity contribution is 9.11. The van der Waals surface area contributed by atoms with Crippen molar-refractivity contribution in [2.45, 2.75) is 4.83 Å². The lowest BCUT2D eigenvalue weighted by atomic mass is 10.0. The highest BCUT2D eigenvalue weighted by Crippen LogP contribution is 2.40. The quantitative estimate of drug-likeness (QED) is 0.739. The van der Waals surface area contributed by atoms with Gasteiger partial charge in [0.25, 0.3) is 5.91 Å². The van der Waals surface area contributed by atoms with Crippen LogP contribution in [-0.4, -0.2) is 12.5 Å². The minimum Gasteiger partial charge on any atom is -0.482 e. The number of carbonyl (C=O) groups excluding carboxylic acids is 1. The van der Waals surface area contributed by atoms with Gasteiger partial charge in [0, 0.05) is 10.0 Å². The molecule has 2 aromatic carbocycles. The fraction of sp³-hybridized carbons (Fsp3) is 0.133. The summed E-state index contributed by atoms with van der Waals surface area (Å²) in [6.07, 6.45) is 0. The van der Waals surface area contributed by atoms with E-state index in [1.807, 2.05) is 6.07 Å². The molecule has 1 aliphatic rings. The predicted octanol–water partition coefficient (Wildman–Crippen LogP) is 4.40. The molecular weight excluding hydrogens is 405 g/mol. The minimum absolute atomic E-state index is 0.0168. The molecule has 0 aliphatic carbocycles. The molecular formula is C15H10Br2FNO2. The van der Waals surface area contributed by atoms with Crippen LogP contribution in [0, 0.1) is 5.82 Å². The molecule has 1 heterocycles. The molecule has 6 heteroatoms. The average Bonchev–Trinajstić information content (AvgIpc) is 2.46. The topological polar surface area (TPSA) is 38.3 Å². The van der Waals surface area contributed by atoms with Crippen molar-refractivity contribution in [1.29, 1.82) is 0 Å². The lowest BCUT2D eigenvalue weighted by Crippen LogP contribution is -2.25. The zero-order valence-corrected chi connectivity index (χ0v) is 13.9. The van der Waals surface area contributed by atoms with E-state index in [9.17, 15) is 9.18 Å². The summed E-state index contributed by atoms with van der Waals surface area (Å²) in [5.74, 6) is 0.118. The molecule has 1 unspecified atom stereocenters. The Morgan fingerprint density at radius 1 is 1.29 bits per heavy atom. The largest absolute Gasteiger partial charge is 0.482 e. The Labute approximate surface area is 137 Å². The maximum absolute atomic E-state index is 14.0. The van der Waals surface area contributed by atoms with Gasteiger partial charge in [0.05, 0.1) is 10.5 Å². The normalized spacial score (nSPS) is 14.9. The fourth-order valence-corrected chi connectivity index (χ4v) is 3.81. The summed E-state index contributed by atoms with van der Waals surface area (Å²) in [6.45, 7) is 0.0168. The number of benzene rings is 2. The molecule has 1 atom stereocenters. The van der Waals surface area contributed by atoms with Gasteiger partial charge in [0.15, 0.2) is 6.61 Å². The van der Waals surface area contributed by atoms with Crippen LogP contribution >= 0.6 is 31.9 Å². The molecule has 0 fully saturated rings. The van der Waals surface area contributed by atoms with E-state index >= 15 is 0 Å². The van der Waals surface area contributed by atoms with Crippen LogP contribution in [0.15, 0.2) is 40.9 Å². The molecule has 0 spiro atoms. The Morgan fingerprint density at radius 3 is 2.86 bits per heavy atom. The first-order valence-electron chi connectivity index (χ1n) is 6.21. The van der Waals surface area contributed by atoms with Gasteiger partial charge < -0.3 is 10.1 Å². The van der Waals surface area contributed by atoms with Crippen molar-refractivity contribution in [2.24, 2.45) is 0 Å². The van der Waals surface area contributed by atoms with E-state index in [0.717, 1.165) is 5.56 Å². The third-order valence-electron chi connectivity index (χ3n) is 3.18. The first kappa shape index (κ1) is 14.5. The second-order valence-corrected chi connectivity index (χ2v) is 6.36. The molecule has 0 saturated carbocycles. The van der Waals surface area contributed by atoms with Crippen LogP contribution in [0.2, 0.25) is 0 Å². The molecule has 0 aromatic heterocycles. The highest BCUT2D eigenvalue weighted by Gasteiger charge is 2.21. The Hall–Kier alpha value is -1.40. The highest BCUT2D eigenvalue weighted by atomic mass is 79.9. The summed E-state index contributed by atoms with van der Waals surface area (Å²) in [4.78, 5) is 11.0. The van der Waals surface area contributed by atoms with Crippen molar-refractivity contribution in [3.05, 3.63) is 57.8 Å². The first-order valence-corrected chi connectivity index (χ1v) is 7.91. The van der Waals surface area contributed by atoms with Gasteiger partial charge in [-0.3, -0.25) is 4.79 Å². The van der Waals surface area contributed by atoms with Gasteiger partial charge in [-0.25, -0.2) is 4.39 Å². The van der Waals surface area contributed by atoms with E-state index in [-0.39, 0.29) is 23.2 Å². The number of amides is 1. The molecule has 0 radical (unpaired) electrons. The maximum atomic E-state index is 14.0. The Morgan fingerprint density at radius 2 is 2.10 bits per heavy atom. The Balaban J connectivity index is 2.01. The Bertz CT molecular complexity index is 701. The number of rotatable bonds is 2. The van der Waals surface area contributed by atoms with E-state index in [4.69, 9.17) is 4.74 Å². The monoisotopic (exact) mass is 413 g/mol. The second-order valence-electron chi connectivity index (χ2n) is 4.59. The smallest absolute Gasteiger partial charge is 0.262 e. The van der Waals surface area contributed by atoms with E-state index in [0.29, 0.717) is 21.5 Å². The SMILES string of the molecule is O=C1COc2ccc(C(Br)c3c(F)cccc3Br)cc2N1. The van der Waals surface area contributed by atoms with Gasteiger partial charge in [-0.15, -0.1) is 0 Å². The van der Waals surface area contributed by atoms with Crippen LogP contribution in [0.25, 0.3) is 0 Å². The van der Waals surface area contributed by atoms with Crippen LogP contribution in [0.5, 0.6) is 5.75 Å². The summed E-state index contributed by atoms with van der Waals surface area (Å²) in [5, 5.41) is 2.75.